The Kier molecular flexibility index (Phi) is 6.48. The largest absolute Gasteiger partial charge is 0.494 e. The molecule has 0 fully saturated rings. The van der Waals surface area contributed by atoms with Gasteiger partial charge in [-0.05, 0) is 24.5 Å². The Labute approximate surface area is 166 Å². The Hall–Kier alpha value is -3.08. The Bertz CT molecular complexity index is 917. The van der Waals surface area contributed by atoms with Gasteiger partial charge < -0.3 is 14.6 Å². The molecular formula is C23H27N3O2. The van der Waals surface area contributed by atoms with E-state index in [-0.39, 0.29) is 12.5 Å². The topological polar surface area (TPSA) is 56.2 Å². The third kappa shape index (κ3) is 4.80. The summed E-state index contributed by atoms with van der Waals surface area (Å²) in [6, 6.07) is 18.0. The summed E-state index contributed by atoms with van der Waals surface area (Å²) in [6.07, 6.45) is 2.73. The summed E-state index contributed by atoms with van der Waals surface area (Å²) < 4.78 is 7.82. The zero-order chi connectivity index (χ0) is 19.9. The number of aromatic nitrogens is 2. The molecule has 28 heavy (non-hydrogen) atoms. The van der Waals surface area contributed by atoms with E-state index in [2.05, 4.69) is 24.1 Å². The van der Waals surface area contributed by atoms with Gasteiger partial charge in [-0.3, -0.25) is 4.79 Å². The molecular weight excluding hydrogens is 350 g/mol. The van der Waals surface area contributed by atoms with Crippen LogP contribution in [0, 0.1) is 5.92 Å². The number of likely N-dealkylation sites (N-methyl/N-ethyl adjacent to an activating group) is 1. The molecule has 146 valence electrons. The summed E-state index contributed by atoms with van der Waals surface area (Å²) in [6.45, 7) is 5.26. The lowest BCUT2D eigenvalue weighted by atomic mass is 10.0. The number of carbonyl (C=O) groups is 1. The number of hydrogen-bond donors (Lipinski definition) is 1. The maximum absolute atomic E-state index is 12.0. The van der Waals surface area contributed by atoms with Gasteiger partial charge in [0.2, 0.25) is 5.91 Å². The van der Waals surface area contributed by atoms with E-state index in [0.29, 0.717) is 12.5 Å². The standard InChI is InChI=1S/C23H27N3O2/c1-17(2)12-13-28-20-11-7-10-19(14-20)23-22(18-8-5-4-6-9-18)25-16-26(23)15-21(27)24-3/h4-11,14,16-17H,12-13,15H2,1-3H3,(H,24,27). The van der Waals surface area contributed by atoms with Crippen LogP contribution in [0.3, 0.4) is 0 Å². The summed E-state index contributed by atoms with van der Waals surface area (Å²) >= 11 is 0. The molecule has 0 unspecified atom stereocenters. The van der Waals surface area contributed by atoms with Crippen molar-refractivity contribution in [3.05, 3.63) is 60.9 Å². The zero-order valence-corrected chi connectivity index (χ0v) is 16.7. The van der Waals surface area contributed by atoms with Crippen LogP contribution in [-0.2, 0) is 11.3 Å². The highest BCUT2D eigenvalue weighted by molar-refractivity contribution is 5.81. The highest BCUT2D eigenvalue weighted by Gasteiger charge is 2.17. The van der Waals surface area contributed by atoms with Crippen molar-refractivity contribution in [2.75, 3.05) is 13.7 Å². The van der Waals surface area contributed by atoms with Crippen LogP contribution < -0.4 is 10.1 Å². The normalized spacial score (nSPS) is 10.9. The summed E-state index contributed by atoms with van der Waals surface area (Å²) in [7, 11) is 1.64. The molecule has 1 N–H and O–H groups in total. The molecule has 1 aromatic heterocycles. The van der Waals surface area contributed by atoms with Crippen molar-refractivity contribution in [2.45, 2.75) is 26.8 Å². The van der Waals surface area contributed by atoms with E-state index in [0.717, 1.165) is 34.7 Å². The molecule has 0 bridgehead atoms. The Balaban J connectivity index is 1.99. The summed E-state index contributed by atoms with van der Waals surface area (Å²) in [5, 5.41) is 2.68. The van der Waals surface area contributed by atoms with E-state index >= 15 is 0 Å². The van der Waals surface area contributed by atoms with Crippen molar-refractivity contribution in [1.29, 1.82) is 0 Å². The van der Waals surface area contributed by atoms with E-state index in [9.17, 15) is 4.79 Å². The van der Waals surface area contributed by atoms with Crippen LogP contribution in [0.15, 0.2) is 60.9 Å². The monoisotopic (exact) mass is 377 g/mol. The van der Waals surface area contributed by atoms with Crippen molar-refractivity contribution >= 4 is 5.91 Å². The van der Waals surface area contributed by atoms with Gasteiger partial charge in [0.15, 0.2) is 0 Å². The molecule has 2 aromatic carbocycles. The smallest absolute Gasteiger partial charge is 0.239 e. The van der Waals surface area contributed by atoms with E-state index in [1.54, 1.807) is 13.4 Å². The number of imidazole rings is 1. The van der Waals surface area contributed by atoms with Crippen molar-refractivity contribution in [1.82, 2.24) is 14.9 Å². The van der Waals surface area contributed by atoms with Gasteiger partial charge in [0.05, 0.1) is 24.3 Å². The second-order valence-electron chi connectivity index (χ2n) is 7.17. The minimum absolute atomic E-state index is 0.0670. The van der Waals surface area contributed by atoms with E-state index in [1.165, 1.54) is 0 Å². The fourth-order valence-corrected chi connectivity index (χ4v) is 2.99. The number of benzene rings is 2. The van der Waals surface area contributed by atoms with Crippen molar-refractivity contribution in [3.8, 4) is 28.3 Å². The van der Waals surface area contributed by atoms with Crippen molar-refractivity contribution in [3.63, 3.8) is 0 Å². The Morgan fingerprint density at radius 1 is 1.11 bits per heavy atom. The van der Waals surface area contributed by atoms with Crippen molar-refractivity contribution < 1.29 is 9.53 Å². The second-order valence-corrected chi connectivity index (χ2v) is 7.17. The van der Waals surface area contributed by atoms with E-state index in [4.69, 9.17) is 4.74 Å². The number of nitrogens with zero attached hydrogens (tertiary/aromatic N) is 2. The van der Waals surface area contributed by atoms with Crippen LogP contribution in [0.25, 0.3) is 22.5 Å². The molecule has 1 heterocycles. The minimum Gasteiger partial charge on any atom is -0.494 e. The highest BCUT2D eigenvalue weighted by Crippen LogP contribution is 2.33. The molecule has 5 heteroatoms. The maximum Gasteiger partial charge on any atom is 0.239 e. The Morgan fingerprint density at radius 3 is 2.57 bits per heavy atom. The number of rotatable bonds is 8. The molecule has 0 radical (unpaired) electrons. The quantitative estimate of drug-likeness (QED) is 0.633. The van der Waals surface area contributed by atoms with Gasteiger partial charge in [-0.1, -0.05) is 56.3 Å². The molecule has 0 aliphatic carbocycles. The molecule has 5 nitrogen and oxygen atoms in total. The third-order valence-electron chi connectivity index (χ3n) is 4.55. The molecule has 0 saturated carbocycles. The van der Waals surface area contributed by atoms with Crippen molar-refractivity contribution in [2.24, 2.45) is 5.92 Å². The molecule has 1 amide bonds. The first-order chi connectivity index (χ1) is 13.6. The van der Waals surface area contributed by atoms with Crippen LogP contribution in [-0.4, -0.2) is 29.1 Å². The number of carbonyl (C=O) groups excluding carboxylic acids is 1. The number of ether oxygens (including phenoxy) is 1. The van der Waals surface area contributed by atoms with Gasteiger partial charge in [-0.2, -0.15) is 0 Å². The fraction of sp³-hybridized carbons (Fsp3) is 0.304. The predicted molar refractivity (Wildman–Crippen MR) is 112 cm³/mol. The Morgan fingerprint density at radius 2 is 1.86 bits per heavy atom. The van der Waals surface area contributed by atoms with E-state index in [1.807, 2.05) is 59.2 Å². The molecule has 0 aliphatic heterocycles. The maximum atomic E-state index is 12.0. The van der Waals surface area contributed by atoms with Gasteiger partial charge in [-0.25, -0.2) is 4.98 Å². The minimum atomic E-state index is -0.0670. The fourth-order valence-electron chi connectivity index (χ4n) is 2.99. The molecule has 3 rings (SSSR count). The number of nitrogens with one attached hydrogen (secondary N) is 1. The van der Waals surface area contributed by atoms with Crippen LogP contribution >= 0.6 is 0 Å². The van der Waals surface area contributed by atoms with Crippen LogP contribution in [0.5, 0.6) is 5.75 Å². The lowest BCUT2D eigenvalue weighted by molar-refractivity contribution is -0.121. The molecule has 0 atom stereocenters. The van der Waals surface area contributed by atoms with Gasteiger partial charge in [0.1, 0.15) is 12.3 Å². The summed E-state index contributed by atoms with van der Waals surface area (Å²) in [4.78, 5) is 16.6. The predicted octanol–water partition coefficient (Wildman–Crippen LogP) is 4.39. The van der Waals surface area contributed by atoms with E-state index < -0.39 is 0 Å². The van der Waals surface area contributed by atoms with Crippen LogP contribution in [0.2, 0.25) is 0 Å². The lowest BCUT2D eigenvalue weighted by Gasteiger charge is -2.13. The zero-order valence-electron chi connectivity index (χ0n) is 16.7. The number of hydrogen-bond acceptors (Lipinski definition) is 3. The first-order valence-corrected chi connectivity index (χ1v) is 9.63. The number of amides is 1. The first kappa shape index (κ1) is 19.7. The average Bonchev–Trinajstić information content (AvgIpc) is 3.12. The second kappa shape index (κ2) is 9.22. The van der Waals surface area contributed by atoms with Gasteiger partial charge in [0, 0.05) is 18.2 Å². The van der Waals surface area contributed by atoms with Gasteiger partial charge in [-0.15, -0.1) is 0 Å². The SMILES string of the molecule is CNC(=O)Cn1cnc(-c2ccccc2)c1-c1cccc(OCCC(C)C)c1. The molecule has 0 aliphatic rings. The lowest BCUT2D eigenvalue weighted by Crippen LogP contribution is -2.23. The third-order valence-corrected chi connectivity index (χ3v) is 4.55. The van der Waals surface area contributed by atoms with Crippen LogP contribution in [0.4, 0.5) is 0 Å². The summed E-state index contributed by atoms with van der Waals surface area (Å²) in [5.41, 5.74) is 3.74. The van der Waals surface area contributed by atoms with Crippen LogP contribution in [0.1, 0.15) is 20.3 Å². The van der Waals surface area contributed by atoms with Gasteiger partial charge >= 0.3 is 0 Å². The average molecular weight is 377 g/mol. The molecule has 0 saturated heterocycles. The molecule has 0 spiro atoms. The first-order valence-electron chi connectivity index (χ1n) is 9.63. The molecule has 3 aromatic rings. The highest BCUT2D eigenvalue weighted by atomic mass is 16.5. The van der Waals surface area contributed by atoms with Gasteiger partial charge in [0.25, 0.3) is 0 Å². The summed E-state index contributed by atoms with van der Waals surface area (Å²) in [5.74, 6) is 1.36.